The SMILES string of the molecule is O=C(NC1CCCN(Cc2cccs2)C1)c1ccc(-c2ccn[nH]2)cc1. The van der Waals surface area contributed by atoms with Gasteiger partial charge in [0.2, 0.25) is 0 Å². The molecule has 0 radical (unpaired) electrons. The lowest BCUT2D eigenvalue weighted by Gasteiger charge is -2.32. The zero-order valence-electron chi connectivity index (χ0n) is 14.5. The molecule has 1 atom stereocenters. The first-order chi connectivity index (χ1) is 12.8. The zero-order chi connectivity index (χ0) is 17.8. The van der Waals surface area contributed by atoms with Gasteiger partial charge in [-0.15, -0.1) is 11.3 Å². The van der Waals surface area contributed by atoms with Gasteiger partial charge in [0.05, 0.1) is 5.69 Å². The average molecular weight is 366 g/mol. The second-order valence-electron chi connectivity index (χ2n) is 6.67. The van der Waals surface area contributed by atoms with E-state index in [4.69, 9.17) is 0 Å². The van der Waals surface area contributed by atoms with Crippen LogP contribution in [0.25, 0.3) is 11.3 Å². The summed E-state index contributed by atoms with van der Waals surface area (Å²) in [7, 11) is 0. The number of nitrogens with zero attached hydrogens (tertiary/aromatic N) is 2. The molecule has 1 aliphatic rings. The van der Waals surface area contributed by atoms with Crippen LogP contribution in [0, 0.1) is 0 Å². The molecule has 1 aliphatic heterocycles. The van der Waals surface area contributed by atoms with Crippen LogP contribution in [0.2, 0.25) is 0 Å². The van der Waals surface area contributed by atoms with Crippen molar-refractivity contribution in [2.45, 2.75) is 25.4 Å². The molecule has 6 heteroatoms. The normalized spacial score (nSPS) is 17.9. The Morgan fingerprint density at radius 2 is 2.15 bits per heavy atom. The van der Waals surface area contributed by atoms with E-state index in [0.717, 1.165) is 43.7 Å². The number of benzene rings is 1. The first kappa shape index (κ1) is 17.0. The number of piperidine rings is 1. The Morgan fingerprint density at radius 1 is 1.27 bits per heavy atom. The van der Waals surface area contributed by atoms with E-state index < -0.39 is 0 Å². The number of hydrogen-bond acceptors (Lipinski definition) is 4. The first-order valence-electron chi connectivity index (χ1n) is 8.93. The lowest BCUT2D eigenvalue weighted by molar-refractivity contribution is 0.0901. The molecule has 1 amide bonds. The number of H-pyrrole nitrogens is 1. The number of amides is 1. The van der Waals surface area contributed by atoms with Gasteiger partial charge < -0.3 is 5.32 Å². The summed E-state index contributed by atoms with van der Waals surface area (Å²) in [6.07, 6.45) is 3.88. The first-order valence-corrected chi connectivity index (χ1v) is 9.81. The Labute approximate surface area is 157 Å². The molecule has 1 aromatic carbocycles. The summed E-state index contributed by atoms with van der Waals surface area (Å²) in [6.45, 7) is 2.99. The molecule has 0 bridgehead atoms. The van der Waals surface area contributed by atoms with E-state index in [1.807, 2.05) is 30.3 Å². The third-order valence-corrected chi connectivity index (χ3v) is 5.62. The van der Waals surface area contributed by atoms with Crippen LogP contribution in [-0.4, -0.2) is 40.1 Å². The number of carbonyl (C=O) groups is 1. The van der Waals surface area contributed by atoms with E-state index in [1.54, 1.807) is 17.5 Å². The van der Waals surface area contributed by atoms with Gasteiger partial charge in [0.25, 0.3) is 5.91 Å². The summed E-state index contributed by atoms with van der Waals surface area (Å²) >= 11 is 1.79. The van der Waals surface area contributed by atoms with Crippen molar-refractivity contribution in [1.29, 1.82) is 0 Å². The summed E-state index contributed by atoms with van der Waals surface area (Å²) in [5.41, 5.74) is 2.68. The monoisotopic (exact) mass is 366 g/mol. The number of aromatic nitrogens is 2. The molecule has 1 saturated heterocycles. The second-order valence-corrected chi connectivity index (χ2v) is 7.71. The fourth-order valence-corrected chi connectivity index (χ4v) is 4.17. The van der Waals surface area contributed by atoms with Crippen LogP contribution in [0.1, 0.15) is 28.1 Å². The summed E-state index contributed by atoms with van der Waals surface area (Å²) in [5, 5.41) is 12.2. The molecule has 2 N–H and O–H groups in total. The minimum atomic E-state index is 0.00383. The van der Waals surface area contributed by atoms with Crippen molar-refractivity contribution in [3.8, 4) is 11.3 Å². The van der Waals surface area contributed by atoms with Crippen molar-refractivity contribution >= 4 is 17.2 Å². The van der Waals surface area contributed by atoms with Crippen molar-refractivity contribution < 1.29 is 4.79 Å². The van der Waals surface area contributed by atoms with Gasteiger partial charge in [-0.25, -0.2) is 0 Å². The van der Waals surface area contributed by atoms with E-state index in [1.165, 1.54) is 4.88 Å². The van der Waals surface area contributed by atoms with Crippen molar-refractivity contribution in [3.05, 3.63) is 64.5 Å². The largest absolute Gasteiger partial charge is 0.348 e. The van der Waals surface area contributed by atoms with Gasteiger partial charge in [-0.05, 0) is 54.6 Å². The van der Waals surface area contributed by atoms with Gasteiger partial charge in [0, 0.05) is 35.8 Å². The molecular formula is C20H22N4OS. The lowest BCUT2D eigenvalue weighted by Crippen LogP contribution is -2.47. The molecule has 3 heterocycles. The minimum absolute atomic E-state index is 0.00383. The fourth-order valence-electron chi connectivity index (χ4n) is 3.43. The molecule has 3 aromatic rings. The Kier molecular flexibility index (Phi) is 5.13. The third kappa shape index (κ3) is 4.03. The predicted octanol–water partition coefficient (Wildman–Crippen LogP) is 3.53. The van der Waals surface area contributed by atoms with Crippen LogP contribution in [0.5, 0.6) is 0 Å². The van der Waals surface area contributed by atoms with Gasteiger partial charge >= 0.3 is 0 Å². The summed E-state index contributed by atoms with van der Waals surface area (Å²) in [4.78, 5) is 16.4. The van der Waals surface area contributed by atoms with E-state index in [9.17, 15) is 4.79 Å². The standard InChI is InChI=1S/C20H22N4OS/c25-20(16-7-5-15(6-8-16)19-9-10-21-23-19)22-17-3-1-11-24(13-17)14-18-4-2-12-26-18/h2,4-10,12,17H,1,3,11,13-14H2,(H,21,23)(H,22,25). The molecule has 134 valence electrons. The second kappa shape index (κ2) is 7.85. The number of nitrogens with one attached hydrogen (secondary N) is 2. The van der Waals surface area contributed by atoms with Gasteiger partial charge in [0.15, 0.2) is 0 Å². The van der Waals surface area contributed by atoms with Crippen LogP contribution in [-0.2, 0) is 6.54 Å². The molecule has 0 spiro atoms. The number of rotatable bonds is 5. The highest BCUT2D eigenvalue weighted by molar-refractivity contribution is 7.09. The molecule has 4 rings (SSSR count). The average Bonchev–Trinajstić information content (AvgIpc) is 3.36. The van der Waals surface area contributed by atoms with Crippen LogP contribution in [0.4, 0.5) is 0 Å². The molecule has 0 saturated carbocycles. The smallest absolute Gasteiger partial charge is 0.251 e. The maximum absolute atomic E-state index is 12.6. The topological polar surface area (TPSA) is 61.0 Å². The quantitative estimate of drug-likeness (QED) is 0.726. The molecule has 5 nitrogen and oxygen atoms in total. The Bertz CT molecular complexity index is 827. The Balaban J connectivity index is 1.35. The lowest BCUT2D eigenvalue weighted by atomic mass is 10.0. The fraction of sp³-hybridized carbons (Fsp3) is 0.300. The van der Waals surface area contributed by atoms with Crippen LogP contribution in [0.3, 0.4) is 0 Å². The van der Waals surface area contributed by atoms with Crippen molar-refractivity contribution in [1.82, 2.24) is 20.4 Å². The Hall–Kier alpha value is -2.44. The van der Waals surface area contributed by atoms with Crippen molar-refractivity contribution in [2.24, 2.45) is 0 Å². The summed E-state index contributed by atoms with van der Waals surface area (Å²) in [5.74, 6) is 0.00383. The minimum Gasteiger partial charge on any atom is -0.348 e. The van der Waals surface area contributed by atoms with Crippen LogP contribution in [0.15, 0.2) is 54.0 Å². The number of thiophene rings is 1. The van der Waals surface area contributed by atoms with Crippen molar-refractivity contribution in [2.75, 3.05) is 13.1 Å². The van der Waals surface area contributed by atoms with Gasteiger partial charge in [0.1, 0.15) is 0 Å². The Morgan fingerprint density at radius 3 is 2.88 bits per heavy atom. The number of likely N-dealkylation sites (tertiary alicyclic amines) is 1. The van der Waals surface area contributed by atoms with E-state index in [0.29, 0.717) is 5.56 Å². The number of aromatic amines is 1. The van der Waals surface area contributed by atoms with Gasteiger partial charge in [-0.3, -0.25) is 14.8 Å². The molecule has 26 heavy (non-hydrogen) atoms. The maximum Gasteiger partial charge on any atom is 0.251 e. The van der Waals surface area contributed by atoms with Crippen molar-refractivity contribution in [3.63, 3.8) is 0 Å². The number of hydrogen-bond donors (Lipinski definition) is 2. The van der Waals surface area contributed by atoms with Crippen LogP contribution < -0.4 is 5.32 Å². The highest BCUT2D eigenvalue weighted by Crippen LogP contribution is 2.19. The summed E-state index contributed by atoms with van der Waals surface area (Å²) < 4.78 is 0. The van der Waals surface area contributed by atoms with E-state index >= 15 is 0 Å². The van der Waals surface area contributed by atoms with Crippen LogP contribution >= 0.6 is 11.3 Å². The van der Waals surface area contributed by atoms with Gasteiger partial charge in [-0.1, -0.05) is 18.2 Å². The van der Waals surface area contributed by atoms with Gasteiger partial charge in [-0.2, -0.15) is 5.10 Å². The summed E-state index contributed by atoms with van der Waals surface area (Å²) in [6, 6.07) is 14.0. The molecular weight excluding hydrogens is 344 g/mol. The molecule has 0 aliphatic carbocycles. The molecule has 1 unspecified atom stereocenters. The van der Waals surface area contributed by atoms with E-state index in [-0.39, 0.29) is 11.9 Å². The zero-order valence-corrected chi connectivity index (χ0v) is 15.3. The predicted molar refractivity (Wildman–Crippen MR) is 104 cm³/mol. The molecule has 1 fully saturated rings. The molecule has 2 aromatic heterocycles. The highest BCUT2D eigenvalue weighted by atomic mass is 32.1. The highest BCUT2D eigenvalue weighted by Gasteiger charge is 2.22. The maximum atomic E-state index is 12.6. The van der Waals surface area contributed by atoms with E-state index in [2.05, 4.69) is 37.9 Å². The third-order valence-electron chi connectivity index (χ3n) is 4.76. The number of carbonyl (C=O) groups excluding carboxylic acids is 1.